The van der Waals surface area contributed by atoms with E-state index < -0.39 is 0 Å². The van der Waals surface area contributed by atoms with Gasteiger partial charge in [0.2, 0.25) is 0 Å². The molecule has 0 bridgehead atoms. The second-order valence-corrected chi connectivity index (χ2v) is 7.49. The fraction of sp³-hybridized carbons (Fsp3) is 0.579. The van der Waals surface area contributed by atoms with E-state index in [1.165, 1.54) is 36.1 Å². The van der Waals surface area contributed by atoms with Crippen molar-refractivity contribution in [1.82, 2.24) is 10.2 Å². The average Bonchev–Trinajstić information content (AvgIpc) is 2.47. The van der Waals surface area contributed by atoms with Crippen LogP contribution in [0.1, 0.15) is 43.9 Å². The number of fused-ring (bicyclic) bond motifs is 1. The van der Waals surface area contributed by atoms with E-state index in [-0.39, 0.29) is 0 Å². The molecule has 21 heavy (non-hydrogen) atoms. The van der Waals surface area contributed by atoms with Crippen LogP contribution >= 0.6 is 0 Å². The summed E-state index contributed by atoms with van der Waals surface area (Å²) in [5.41, 5.74) is 6.45. The van der Waals surface area contributed by atoms with Crippen molar-refractivity contribution in [2.45, 2.75) is 46.7 Å². The van der Waals surface area contributed by atoms with Gasteiger partial charge in [-0.25, -0.2) is 0 Å². The van der Waals surface area contributed by atoms with Crippen LogP contribution in [0.2, 0.25) is 0 Å². The summed E-state index contributed by atoms with van der Waals surface area (Å²) in [5, 5.41) is 3.47. The summed E-state index contributed by atoms with van der Waals surface area (Å²) in [5.74, 6) is 0. The molecule has 0 unspecified atom stereocenters. The van der Waals surface area contributed by atoms with Gasteiger partial charge in [0.05, 0.1) is 0 Å². The summed E-state index contributed by atoms with van der Waals surface area (Å²) >= 11 is 0. The maximum atomic E-state index is 3.47. The molecule has 1 N–H and O–H groups in total. The predicted octanol–water partition coefficient (Wildman–Crippen LogP) is 3.51. The molecule has 2 heteroatoms. The van der Waals surface area contributed by atoms with E-state index in [0.717, 1.165) is 26.2 Å². The molecule has 2 aliphatic heterocycles. The van der Waals surface area contributed by atoms with E-state index in [4.69, 9.17) is 0 Å². The molecule has 0 spiro atoms. The Kier molecular flexibility index (Phi) is 4.19. The van der Waals surface area contributed by atoms with Crippen molar-refractivity contribution < 1.29 is 0 Å². The van der Waals surface area contributed by atoms with Crippen LogP contribution in [0.3, 0.4) is 0 Å². The first-order valence-corrected chi connectivity index (χ1v) is 8.25. The summed E-state index contributed by atoms with van der Waals surface area (Å²) in [6.45, 7) is 12.5. The molecule has 2 heterocycles. The normalized spacial score (nSPS) is 20.0. The Morgan fingerprint density at radius 3 is 2.71 bits per heavy atom. The summed E-state index contributed by atoms with van der Waals surface area (Å²) in [7, 11) is 0. The van der Waals surface area contributed by atoms with Crippen LogP contribution in [0.15, 0.2) is 29.8 Å². The minimum absolute atomic E-state index is 0.337. The summed E-state index contributed by atoms with van der Waals surface area (Å²) in [4.78, 5) is 2.56. The van der Waals surface area contributed by atoms with Crippen molar-refractivity contribution in [3.05, 3.63) is 46.5 Å². The molecular weight excluding hydrogens is 256 g/mol. The lowest BCUT2D eigenvalue weighted by Crippen LogP contribution is -2.31. The van der Waals surface area contributed by atoms with Crippen molar-refractivity contribution >= 4 is 0 Å². The molecule has 0 saturated heterocycles. The van der Waals surface area contributed by atoms with Gasteiger partial charge in [-0.1, -0.05) is 50.6 Å². The van der Waals surface area contributed by atoms with Crippen LogP contribution in [0, 0.1) is 5.41 Å². The van der Waals surface area contributed by atoms with Gasteiger partial charge in [0, 0.05) is 26.2 Å². The van der Waals surface area contributed by atoms with E-state index in [1.807, 2.05) is 0 Å². The first-order chi connectivity index (χ1) is 10.0. The van der Waals surface area contributed by atoms with Gasteiger partial charge >= 0.3 is 0 Å². The Morgan fingerprint density at radius 2 is 2.00 bits per heavy atom. The highest BCUT2D eigenvalue weighted by Crippen LogP contribution is 2.30. The van der Waals surface area contributed by atoms with Crippen LogP contribution in [-0.2, 0) is 19.5 Å². The molecule has 2 nitrogen and oxygen atoms in total. The highest BCUT2D eigenvalue weighted by atomic mass is 15.1. The first kappa shape index (κ1) is 14.8. The summed E-state index contributed by atoms with van der Waals surface area (Å²) < 4.78 is 0. The van der Waals surface area contributed by atoms with Crippen LogP contribution in [-0.4, -0.2) is 24.5 Å². The van der Waals surface area contributed by atoms with Crippen molar-refractivity contribution in [3.8, 4) is 0 Å². The molecule has 1 aromatic carbocycles. The lowest BCUT2D eigenvalue weighted by molar-refractivity contribution is 0.271. The van der Waals surface area contributed by atoms with Gasteiger partial charge in [-0.2, -0.15) is 0 Å². The molecular formula is C19H28N2. The molecule has 0 aliphatic carbocycles. The zero-order valence-electron chi connectivity index (χ0n) is 13.7. The largest absolute Gasteiger partial charge is 0.312 e. The third kappa shape index (κ3) is 3.56. The average molecular weight is 284 g/mol. The molecule has 0 fully saturated rings. The SMILES string of the molecule is CC(C)(C)C1=CCN(Cc2ccc3c(c2)CNCC3)CC1. The summed E-state index contributed by atoms with van der Waals surface area (Å²) in [6.07, 6.45) is 4.84. The van der Waals surface area contributed by atoms with Gasteiger partial charge < -0.3 is 5.32 Å². The standard InChI is InChI=1S/C19H28N2/c1-19(2,3)18-7-10-21(11-8-18)14-15-4-5-16-6-9-20-13-17(16)12-15/h4-5,7,12,20H,6,8-11,13-14H2,1-3H3. The minimum Gasteiger partial charge on any atom is -0.312 e. The molecule has 0 radical (unpaired) electrons. The second kappa shape index (κ2) is 5.94. The predicted molar refractivity (Wildman–Crippen MR) is 89.3 cm³/mol. The van der Waals surface area contributed by atoms with Crippen molar-refractivity contribution in [2.24, 2.45) is 5.41 Å². The second-order valence-electron chi connectivity index (χ2n) is 7.49. The Labute approximate surface area is 129 Å². The first-order valence-electron chi connectivity index (χ1n) is 8.25. The monoisotopic (exact) mass is 284 g/mol. The van der Waals surface area contributed by atoms with Crippen LogP contribution in [0.5, 0.6) is 0 Å². The molecule has 114 valence electrons. The number of hydrogen-bond acceptors (Lipinski definition) is 2. The highest BCUT2D eigenvalue weighted by molar-refractivity contribution is 5.34. The van der Waals surface area contributed by atoms with Crippen molar-refractivity contribution in [1.29, 1.82) is 0 Å². The van der Waals surface area contributed by atoms with Gasteiger partial charge in [0.15, 0.2) is 0 Å². The molecule has 0 amide bonds. The van der Waals surface area contributed by atoms with Crippen molar-refractivity contribution in [2.75, 3.05) is 19.6 Å². The Hall–Kier alpha value is -1.12. The molecule has 0 atom stereocenters. The van der Waals surface area contributed by atoms with E-state index in [2.05, 4.69) is 55.3 Å². The number of nitrogens with one attached hydrogen (secondary N) is 1. The lowest BCUT2D eigenvalue weighted by Gasteiger charge is -2.32. The van der Waals surface area contributed by atoms with E-state index in [1.54, 1.807) is 5.57 Å². The lowest BCUT2D eigenvalue weighted by atomic mass is 9.83. The molecule has 0 saturated carbocycles. The molecule has 1 aromatic rings. The maximum Gasteiger partial charge on any atom is 0.0237 e. The zero-order chi connectivity index (χ0) is 14.9. The van der Waals surface area contributed by atoms with Gasteiger partial charge in [0.25, 0.3) is 0 Å². The quantitative estimate of drug-likeness (QED) is 0.836. The van der Waals surface area contributed by atoms with E-state index >= 15 is 0 Å². The smallest absolute Gasteiger partial charge is 0.0237 e. The minimum atomic E-state index is 0.337. The third-order valence-corrected chi connectivity index (χ3v) is 4.82. The van der Waals surface area contributed by atoms with Crippen LogP contribution in [0.25, 0.3) is 0 Å². The fourth-order valence-electron chi connectivity index (χ4n) is 3.43. The number of benzene rings is 1. The van der Waals surface area contributed by atoms with Gasteiger partial charge in [-0.05, 0) is 41.5 Å². The highest BCUT2D eigenvalue weighted by Gasteiger charge is 2.21. The van der Waals surface area contributed by atoms with Crippen LogP contribution < -0.4 is 5.32 Å². The van der Waals surface area contributed by atoms with Gasteiger partial charge in [0.1, 0.15) is 0 Å². The molecule has 2 aliphatic rings. The molecule has 0 aromatic heterocycles. The van der Waals surface area contributed by atoms with E-state index in [0.29, 0.717) is 5.41 Å². The third-order valence-electron chi connectivity index (χ3n) is 4.82. The topological polar surface area (TPSA) is 15.3 Å². The number of hydrogen-bond donors (Lipinski definition) is 1. The van der Waals surface area contributed by atoms with Gasteiger partial charge in [-0.15, -0.1) is 0 Å². The molecule has 3 rings (SSSR count). The Bertz CT molecular complexity index is 537. The van der Waals surface area contributed by atoms with Gasteiger partial charge in [-0.3, -0.25) is 4.90 Å². The van der Waals surface area contributed by atoms with Crippen LogP contribution in [0.4, 0.5) is 0 Å². The Balaban J connectivity index is 1.64. The number of nitrogens with zero attached hydrogens (tertiary/aromatic N) is 1. The summed E-state index contributed by atoms with van der Waals surface area (Å²) in [6, 6.07) is 7.07. The maximum absolute atomic E-state index is 3.47. The zero-order valence-corrected chi connectivity index (χ0v) is 13.7. The van der Waals surface area contributed by atoms with Crippen molar-refractivity contribution in [3.63, 3.8) is 0 Å². The Morgan fingerprint density at radius 1 is 1.14 bits per heavy atom. The fourth-order valence-corrected chi connectivity index (χ4v) is 3.43. The number of rotatable bonds is 2. The van der Waals surface area contributed by atoms with E-state index in [9.17, 15) is 0 Å².